The van der Waals surface area contributed by atoms with Crippen LogP contribution in [0.4, 0.5) is 0 Å². The highest BCUT2D eigenvalue weighted by Gasteiger charge is 2.21. The Morgan fingerprint density at radius 1 is 1.33 bits per heavy atom. The summed E-state index contributed by atoms with van der Waals surface area (Å²) in [6.45, 7) is 0.741. The van der Waals surface area contributed by atoms with E-state index in [2.05, 4.69) is 34.1 Å². The van der Waals surface area contributed by atoms with Crippen molar-refractivity contribution in [2.75, 3.05) is 13.7 Å². The van der Waals surface area contributed by atoms with E-state index in [1.807, 2.05) is 18.2 Å². The van der Waals surface area contributed by atoms with Crippen LogP contribution in [0.5, 0.6) is 11.5 Å². The summed E-state index contributed by atoms with van der Waals surface area (Å²) >= 11 is 3.56. The summed E-state index contributed by atoms with van der Waals surface area (Å²) in [5, 5.41) is 0. The van der Waals surface area contributed by atoms with E-state index in [-0.39, 0.29) is 6.04 Å². The third kappa shape index (κ3) is 3.06. The normalized spacial score (nSPS) is 14.4. The van der Waals surface area contributed by atoms with E-state index in [4.69, 9.17) is 15.2 Å². The molecule has 0 saturated carbocycles. The molecule has 2 N–H and O–H groups in total. The van der Waals surface area contributed by atoms with Crippen molar-refractivity contribution in [3.63, 3.8) is 0 Å². The number of benzene rings is 2. The zero-order valence-corrected chi connectivity index (χ0v) is 13.5. The molecular formula is C17H18BrNO2. The number of rotatable bonds is 4. The van der Waals surface area contributed by atoms with Gasteiger partial charge in [-0.25, -0.2) is 0 Å². The number of methoxy groups -OCH3 is 1. The molecule has 0 radical (unpaired) electrons. The zero-order valence-electron chi connectivity index (χ0n) is 11.9. The Kier molecular flexibility index (Phi) is 4.17. The second kappa shape index (κ2) is 6.08. The smallest absolute Gasteiger partial charge is 0.127 e. The lowest BCUT2D eigenvalue weighted by Crippen LogP contribution is -2.14. The van der Waals surface area contributed by atoms with Crippen LogP contribution in [0.2, 0.25) is 0 Å². The molecule has 3 rings (SSSR count). The van der Waals surface area contributed by atoms with E-state index < -0.39 is 0 Å². The lowest BCUT2D eigenvalue weighted by molar-refractivity contribution is 0.351. The highest BCUT2D eigenvalue weighted by atomic mass is 79.9. The fraction of sp³-hybridized carbons (Fsp3) is 0.294. The molecule has 0 saturated heterocycles. The van der Waals surface area contributed by atoms with Gasteiger partial charge in [0.15, 0.2) is 0 Å². The van der Waals surface area contributed by atoms with E-state index in [0.29, 0.717) is 0 Å². The largest absolute Gasteiger partial charge is 0.497 e. The third-order valence-corrected chi connectivity index (χ3v) is 4.22. The molecule has 1 unspecified atom stereocenters. The van der Waals surface area contributed by atoms with E-state index in [9.17, 15) is 0 Å². The molecule has 4 heteroatoms. The average molecular weight is 348 g/mol. The maximum Gasteiger partial charge on any atom is 0.127 e. The van der Waals surface area contributed by atoms with Crippen LogP contribution in [0.15, 0.2) is 40.9 Å². The van der Waals surface area contributed by atoms with Crippen molar-refractivity contribution in [2.45, 2.75) is 18.9 Å². The number of fused-ring (bicyclic) bond motifs is 1. The molecule has 21 heavy (non-hydrogen) atoms. The average Bonchev–Trinajstić information content (AvgIpc) is 2.94. The molecule has 1 heterocycles. The predicted octanol–water partition coefficient (Wildman–Crippen LogP) is 3.64. The summed E-state index contributed by atoms with van der Waals surface area (Å²) in [5.41, 5.74) is 9.89. The maximum absolute atomic E-state index is 6.42. The molecule has 0 spiro atoms. The molecule has 0 aliphatic carbocycles. The van der Waals surface area contributed by atoms with E-state index in [1.54, 1.807) is 7.11 Å². The van der Waals surface area contributed by atoms with Crippen molar-refractivity contribution < 1.29 is 9.47 Å². The summed E-state index contributed by atoms with van der Waals surface area (Å²) in [6, 6.07) is 12.1. The van der Waals surface area contributed by atoms with Gasteiger partial charge in [0.1, 0.15) is 11.5 Å². The zero-order chi connectivity index (χ0) is 14.8. The van der Waals surface area contributed by atoms with Crippen LogP contribution in [-0.2, 0) is 12.8 Å². The molecule has 1 aliphatic heterocycles. The van der Waals surface area contributed by atoms with Crippen molar-refractivity contribution in [2.24, 2.45) is 5.73 Å². The number of hydrogen-bond acceptors (Lipinski definition) is 3. The number of ether oxygens (including phenoxy) is 2. The van der Waals surface area contributed by atoms with Gasteiger partial charge in [0.25, 0.3) is 0 Å². The highest BCUT2D eigenvalue weighted by Crippen LogP contribution is 2.36. The number of nitrogens with two attached hydrogens (primary N) is 1. The number of halogens is 1. The second-order valence-electron chi connectivity index (χ2n) is 5.24. The second-order valence-corrected chi connectivity index (χ2v) is 6.16. The van der Waals surface area contributed by atoms with Crippen molar-refractivity contribution in [3.8, 4) is 11.5 Å². The van der Waals surface area contributed by atoms with Crippen molar-refractivity contribution >= 4 is 15.9 Å². The molecule has 0 bridgehead atoms. The van der Waals surface area contributed by atoms with Gasteiger partial charge in [-0.05, 0) is 41.8 Å². The molecule has 0 amide bonds. The quantitative estimate of drug-likeness (QED) is 0.918. The summed E-state index contributed by atoms with van der Waals surface area (Å²) < 4.78 is 12.1. The first kappa shape index (κ1) is 14.4. The standard InChI is InChI=1S/C17H18BrNO2/c1-20-14-4-2-3-11(7-14)8-16(19)15-10-13(18)9-12-5-6-21-17(12)15/h2-4,7,9-10,16H,5-6,8,19H2,1H3. The van der Waals surface area contributed by atoms with Crippen LogP contribution >= 0.6 is 15.9 Å². The van der Waals surface area contributed by atoms with Crippen LogP contribution in [0.25, 0.3) is 0 Å². The Bertz CT molecular complexity index is 657. The van der Waals surface area contributed by atoms with Crippen LogP contribution < -0.4 is 15.2 Å². The Morgan fingerprint density at radius 2 is 2.19 bits per heavy atom. The first-order valence-corrected chi connectivity index (χ1v) is 7.80. The van der Waals surface area contributed by atoms with Crippen LogP contribution in [0.1, 0.15) is 22.7 Å². The van der Waals surface area contributed by atoms with Gasteiger partial charge in [0.05, 0.1) is 13.7 Å². The molecule has 3 nitrogen and oxygen atoms in total. The minimum Gasteiger partial charge on any atom is -0.497 e. The van der Waals surface area contributed by atoms with Gasteiger partial charge in [-0.15, -0.1) is 0 Å². The first-order chi connectivity index (χ1) is 10.2. The third-order valence-electron chi connectivity index (χ3n) is 3.77. The lowest BCUT2D eigenvalue weighted by Gasteiger charge is -2.16. The maximum atomic E-state index is 6.42. The Morgan fingerprint density at radius 3 is 3.00 bits per heavy atom. The van der Waals surface area contributed by atoms with Crippen molar-refractivity contribution in [3.05, 3.63) is 57.6 Å². The van der Waals surface area contributed by atoms with E-state index in [1.165, 1.54) is 5.56 Å². The Hall–Kier alpha value is -1.52. The summed E-state index contributed by atoms with van der Waals surface area (Å²) in [6.07, 6.45) is 1.71. The van der Waals surface area contributed by atoms with Gasteiger partial charge < -0.3 is 15.2 Å². The topological polar surface area (TPSA) is 44.5 Å². The van der Waals surface area contributed by atoms with E-state index >= 15 is 0 Å². The van der Waals surface area contributed by atoms with Gasteiger partial charge in [0.2, 0.25) is 0 Å². The molecule has 1 atom stereocenters. The predicted molar refractivity (Wildman–Crippen MR) is 87.0 cm³/mol. The SMILES string of the molecule is COc1cccc(CC(N)c2cc(Br)cc3c2OCC3)c1. The molecular weight excluding hydrogens is 330 g/mol. The minimum absolute atomic E-state index is 0.0959. The van der Waals surface area contributed by atoms with Crippen LogP contribution in [0, 0.1) is 0 Å². The van der Waals surface area contributed by atoms with E-state index in [0.717, 1.165) is 46.5 Å². The Labute approximate surface area is 133 Å². The molecule has 2 aromatic carbocycles. The molecule has 110 valence electrons. The molecule has 1 aliphatic rings. The van der Waals surface area contributed by atoms with Crippen molar-refractivity contribution in [1.82, 2.24) is 0 Å². The summed E-state index contributed by atoms with van der Waals surface area (Å²) in [5.74, 6) is 1.82. The Balaban J connectivity index is 1.87. The molecule has 2 aromatic rings. The minimum atomic E-state index is -0.0959. The fourth-order valence-electron chi connectivity index (χ4n) is 2.74. The molecule has 0 aromatic heterocycles. The molecule has 0 fully saturated rings. The summed E-state index contributed by atoms with van der Waals surface area (Å²) in [7, 11) is 1.67. The van der Waals surface area contributed by atoms with Gasteiger partial charge in [0, 0.05) is 22.5 Å². The van der Waals surface area contributed by atoms with Crippen molar-refractivity contribution in [1.29, 1.82) is 0 Å². The van der Waals surface area contributed by atoms with Gasteiger partial charge in [-0.1, -0.05) is 28.1 Å². The summed E-state index contributed by atoms with van der Waals surface area (Å²) in [4.78, 5) is 0. The van der Waals surface area contributed by atoms with Gasteiger partial charge in [-0.2, -0.15) is 0 Å². The lowest BCUT2D eigenvalue weighted by atomic mass is 9.97. The van der Waals surface area contributed by atoms with Gasteiger partial charge >= 0.3 is 0 Å². The highest BCUT2D eigenvalue weighted by molar-refractivity contribution is 9.10. The fourth-order valence-corrected chi connectivity index (χ4v) is 3.26. The van der Waals surface area contributed by atoms with Crippen LogP contribution in [-0.4, -0.2) is 13.7 Å². The van der Waals surface area contributed by atoms with Gasteiger partial charge in [-0.3, -0.25) is 0 Å². The first-order valence-electron chi connectivity index (χ1n) is 7.01. The number of hydrogen-bond donors (Lipinski definition) is 1. The monoisotopic (exact) mass is 347 g/mol. The van der Waals surface area contributed by atoms with Crippen LogP contribution in [0.3, 0.4) is 0 Å².